The molecule has 0 radical (unpaired) electrons. The van der Waals surface area contributed by atoms with Gasteiger partial charge in [0.15, 0.2) is 0 Å². The SMILES string of the molecule is COC(=O)c1cn([C@H]2C[C@@H](N(C)C(=O)OC(C)(C)C)C2)c2nc(Br)ccc12. The van der Waals surface area contributed by atoms with Gasteiger partial charge in [-0.1, -0.05) is 0 Å². The first-order chi connectivity index (χ1) is 12.6. The largest absolute Gasteiger partial charge is 0.465 e. The van der Waals surface area contributed by atoms with Crippen LogP contribution in [-0.4, -0.2) is 52.3 Å². The Morgan fingerprint density at radius 1 is 1.30 bits per heavy atom. The fourth-order valence-electron chi connectivity index (χ4n) is 3.24. The molecular formula is C19H24BrN3O4. The van der Waals surface area contributed by atoms with Crippen molar-refractivity contribution in [3.8, 4) is 0 Å². The van der Waals surface area contributed by atoms with Crippen molar-refractivity contribution in [1.82, 2.24) is 14.5 Å². The summed E-state index contributed by atoms with van der Waals surface area (Å²) in [6.07, 6.45) is 3.02. The van der Waals surface area contributed by atoms with Crippen molar-refractivity contribution in [3.05, 3.63) is 28.5 Å². The van der Waals surface area contributed by atoms with Gasteiger partial charge in [-0.2, -0.15) is 0 Å². The van der Waals surface area contributed by atoms with Crippen LogP contribution in [0.25, 0.3) is 11.0 Å². The summed E-state index contributed by atoms with van der Waals surface area (Å²) in [5, 5.41) is 0.758. The van der Waals surface area contributed by atoms with Crippen LogP contribution in [0, 0.1) is 0 Å². The second kappa shape index (κ2) is 7.14. The summed E-state index contributed by atoms with van der Waals surface area (Å²) in [6, 6.07) is 3.91. The zero-order valence-corrected chi connectivity index (χ0v) is 17.7. The highest BCUT2D eigenvalue weighted by atomic mass is 79.9. The Kier molecular flexibility index (Phi) is 5.20. The third kappa shape index (κ3) is 3.95. The van der Waals surface area contributed by atoms with Crippen LogP contribution in [-0.2, 0) is 9.47 Å². The fraction of sp³-hybridized carbons (Fsp3) is 0.526. The molecule has 0 N–H and O–H groups in total. The molecule has 2 heterocycles. The maximum atomic E-state index is 12.2. The first kappa shape index (κ1) is 19.7. The third-order valence-corrected chi connectivity index (χ3v) is 5.20. The highest BCUT2D eigenvalue weighted by molar-refractivity contribution is 9.10. The van der Waals surface area contributed by atoms with E-state index in [4.69, 9.17) is 9.47 Å². The number of hydrogen-bond acceptors (Lipinski definition) is 5. The van der Waals surface area contributed by atoms with Gasteiger partial charge in [-0.25, -0.2) is 14.6 Å². The van der Waals surface area contributed by atoms with Gasteiger partial charge in [-0.05, 0) is 61.7 Å². The molecule has 1 fully saturated rings. The lowest BCUT2D eigenvalue weighted by molar-refractivity contribution is 0.00809. The second-order valence-corrected chi connectivity index (χ2v) is 8.63. The molecule has 2 aromatic heterocycles. The van der Waals surface area contributed by atoms with E-state index in [1.165, 1.54) is 7.11 Å². The lowest BCUT2D eigenvalue weighted by Gasteiger charge is -2.42. The van der Waals surface area contributed by atoms with Crippen molar-refractivity contribution in [3.63, 3.8) is 0 Å². The Balaban J connectivity index is 1.79. The summed E-state index contributed by atoms with van der Waals surface area (Å²) in [4.78, 5) is 30.5. The summed E-state index contributed by atoms with van der Waals surface area (Å²) in [5.41, 5.74) is 0.709. The van der Waals surface area contributed by atoms with Gasteiger partial charge in [0, 0.05) is 30.7 Å². The van der Waals surface area contributed by atoms with Crippen molar-refractivity contribution in [2.75, 3.05) is 14.2 Å². The molecule has 1 aliphatic rings. The van der Waals surface area contributed by atoms with Gasteiger partial charge in [0.05, 0.1) is 12.7 Å². The zero-order valence-electron chi connectivity index (χ0n) is 16.2. The number of nitrogens with zero attached hydrogens (tertiary/aromatic N) is 3. The number of carbonyl (C=O) groups excluding carboxylic acids is 2. The molecule has 0 saturated heterocycles. The van der Waals surface area contributed by atoms with Gasteiger partial charge in [0.25, 0.3) is 0 Å². The lowest BCUT2D eigenvalue weighted by Crippen LogP contribution is -2.47. The van der Waals surface area contributed by atoms with Gasteiger partial charge in [-0.15, -0.1) is 0 Å². The van der Waals surface area contributed by atoms with Crippen LogP contribution in [0.2, 0.25) is 0 Å². The van der Waals surface area contributed by atoms with E-state index in [1.807, 2.05) is 31.4 Å². The van der Waals surface area contributed by atoms with Crippen molar-refractivity contribution in [1.29, 1.82) is 0 Å². The number of halogens is 1. The highest BCUT2D eigenvalue weighted by Gasteiger charge is 2.38. The maximum absolute atomic E-state index is 12.2. The molecule has 0 atom stereocenters. The Hall–Kier alpha value is -2.09. The molecule has 0 unspecified atom stereocenters. The minimum Gasteiger partial charge on any atom is -0.465 e. The van der Waals surface area contributed by atoms with E-state index in [0.29, 0.717) is 10.2 Å². The van der Waals surface area contributed by atoms with Crippen molar-refractivity contribution in [2.24, 2.45) is 0 Å². The number of amides is 1. The predicted octanol–water partition coefficient (Wildman–Crippen LogP) is 4.16. The van der Waals surface area contributed by atoms with Crippen molar-refractivity contribution >= 4 is 39.0 Å². The van der Waals surface area contributed by atoms with E-state index in [9.17, 15) is 9.59 Å². The minimum absolute atomic E-state index is 0.0935. The molecule has 27 heavy (non-hydrogen) atoms. The van der Waals surface area contributed by atoms with Gasteiger partial charge in [0.2, 0.25) is 0 Å². The number of carbonyl (C=O) groups is 2. The number of aromatic nitrogens is 2. The molecule has 2 aromatic rings. The van der Waals surface area contributed by atoms with Crippen LogP contribution < -0.4 is 0 Å². The first-order valence-corrected chi connectivity index (χ1v) is 9.61. The number of pyridine rings is 1. The predicted molar refractivity (Wildman–Crippen MR) is 105 cm³/mol. The van der Waals surface area contributed by atoms with Gasteiger partial charge in [0.1, 0.15) is 15.9 Å². The summed E-state index contributed by atoms with van der Waals surface area (Å²) in [6.45, 7) is 5.56. The normalized spacial score (nSPS) is 19.5. The second-order valence-electron chi connectivity index (χ2n) is 7.82. The first-order valence-electron chi connectivity index (χ1n) is 8.82. The number of ether oxygens (including phenoxy) is 2. The molecule has 0 spiro atoms. The molecule has 0 aliphatic heterocycles. The van der Waals surface area contributed by atoms with Crippen LogP contribution in [0.1, 0.15) is 50.0 Å². The molecule has 146 valence electrons. The van der Waals surface area contributed by atoms with E-state index in [-0.39, 0.29) is 24.1 Å². The minimum atomic E-state index is -0.517. The number of fused-ring (bicyclic) bond motifs is 1. The Bertz CT molecular complexity index is 881. The number of rotatable bonds is 3. The number of hydrogen-bond donors (Lipinski definition) is 0. The van der Waals surface area contributed by atoms with Crippen LogP contribution in [0.3, 0.4) is 0 Å². The third-order valence-electron chi connectivity index (χ3n) is 4.76. The molecule has 0 bridgehead atoms. The molecule has 3 rings (SSSR count). The number of methoxy groups -OCH3 is 1. The van der Waals surface area contributed by atoms with E-state index >= 15 is 0 Å². The van der Waals surface area contributed by atoms with Crippen LogP contribution in [0.5, 0.6) is 0 Å². The molecular weight excluding hydrogens is 414 g/mol. The van der Waals surface area contributed by atoms with Crippen molar-refractivity contribution in [2.45, 2.75) is 51.3 Å². The van der Waals surface area contributed by atoms with Gasteiger partial charge >= 0.3 is 12.1 Å². The Morgan fingerprint density at radius 2 is 1.96 bits per heavy atom. The van der Waals surface area contributed by atoms with Crippen LogP contribution in [0.15, 0.2) is 22.9 Å². The average molecular weight is 438 g/mol. The van der Waals surface area contributed by atoms with Gasteiger partial charge in [-0.3, -0.25) is 0 Å². The van der Waals surface area contributed by atoms with E-state index in [2.05, 4.69) is 20.9 Å². The van der Waals surface area contributed by atoms with Crippen molar-refractivity contribution < 1.29 is 19.1 Å². The summed E-state index contributed by atoms with van der Waals surface area (Å²) >= 11 is 3.39. The van der Waals surface area contributed by atoms with Gasteiger partial charge < -0.3 is 18.9 Å². The molecule has 1 saturated carbocycles. The summed E-state index contributed by atoms with van der Waals surface area (Å²) < 4.78 is 13.0. The monoisotopic (exact) mass is 437 g/mol. The van der Waals surface area contributed by atoms with E-state index in [1.54, 1.807) is 24.2 Å². The maximum Gasteiger partial charge on any atom is 0.410 e. The van der Waals surface area contributed by atoms with Crippen LogP contribution >= 0.6 is 15.9 Å². The standard InChI is InChI=1S/C19H24BrN3O4/c1-19(2,3)27-18(25)22(4)11-8-12(9-11)23-10-14(17(24)26-5)13-6-7-15(20)21-16(13)23/h6-7,10-12H,8-9H2,1-5H3/t11-,12+. The van der Waals surface area contributed by atoms with Crippen LogP contribution in [0.4, 0.5) is 4.79 Å². The fourth-order valence-corrected chi connectivity index (χ4v) is 3.54. The van der Waals surface area contributed by atoms with E-state index in [0.717, 1.165) is 23.9 Å². The topological polar surface area (TPSA) is 73.7 Å². The Morgan fingerprint density at radius 3 is 2.56 bits per heavy atom. The molecule has 1 aliphatic carbocycles. The average Bonchev–Trinajstić information content (AvgIpc) is 2.89. The molecule has 1 amide bonds. The smallest absolute Gasteiger partial charge is 0.410 e. The molecule has 0 aromatic carbocycles. The lowest BCUT2D eigenvalue weighted by atomic mass is 9.85. The zero-order chi connectivity index (χ0) is 19.9. The quantitative estimate of drug-likeness (QED) is 0.532. The number of esters is 1. The van der Waals surface area contributed by atoms with E-state index < -0.39 is 5.60 Å². The Labute approximate surface area is 166 Å². The molecule has 8 heteroatoms. The summed E-state index contributed by atoms with van der Waals surface area (Å²) in [5.74, 6) is -0.385. The summed E-state index contributed by atoms with van der Waals surface area (Å²) in [7, 11) is 3.13. The highest BCUT2D eigenvalue weighted by Crippen LogP contribution is 2.39. The molecule has 7 nitrogen and oxygen atoms in total.